The second kappa shape index (κ2) is 9.03. The van der Waals surface area contributed by atoms with Crippen LogP contribution in [-0.2, 0) is 20.2 Å². The molecule has 0 saturated carbocycles. The summed E-state index contributed by atoms with van der Waals surface area (Å²) in [7, 11) is -3.78. The molecule has 1 aliphatic rings. The van der Waals surface area contributed by atoms with Crippen molar-refractivity contribution in [1.29, 1.82) is 0 Å². The number of piperazine rings is 1. The number of hydrogen-bond acceptors (Lipinski definition) is 5. The Morgan fingerprint density at radius 3 is 2.19 bits per heavy atom. The van der Waals surface area contributed by atoms with Crippen molar-refractivity contribution in [2.24, 2.45) is 0 Å². The number of amides is 1. The highest BCUT2D eigenvalue weighted by molar-refractivity contribution is 7.89. The summed E-state index contributed by atoms with van der Waals surface area (Å²) < 4.78 is 33.0. The van der Waals surface area contributed by atoms with Crippen LogP contribution in [0, 0.1) is 6.92 Å². The molecule has 1 fully saturated rings. The lowest BCUT2D eigenvalue weighted by Gasteiger charge is -2.33. The molecule has 1 heterocycles. The Kier molecular flexibility index (Phi) is 6.76. The molecule has 8 heteroatoms. The van der Waals surface area contributed by atoms with E-state index in [-0.39, 0.29) is 34.9 Å². The first-order valence-corrected chi connectivity index (χ1v) is 12.0. The number of benzene rings is 2. The minimum absolute atomic E-state index is 0.0219. The molecule has 1 saturated heterocycles. The number of nitrogens with zero attached hydrogens (tertiary/aromatic N) is 2. The molecular weight excluding hydrogens is 428 g/mol. The van der Waals surface area contributed by atoms with Gasteiger partial charge in [0.25, 0.3) is 0 Å². The van der Waals surface area contributed by atoms with Gasteiger partial charge in [-0.05, 0) is 47.7 Å². The summed E-state index contributed by atoms with van der Waals surface area (Å²) >= 11 is 0. The fourth-order valence-corrected chi connectivity index (χ4v) is 5.03. The predicted molar refractivity (Wildman–Crippen MR) is 122 cm³/mol. The Labute approximate surface area is 190 Å². The first-order chi connectivity index (χ1) is 14.9. The largest absolute Gasteiger partial charge is 0.423 e. The first kappa shape index (κ1) is 23.9. The van der Waals surface area contributed by atoms with E-state index in [4.69, 9.17) is 4.74 Å². The average molecular weight is 459 g/mol. The number of hydrogen-bond donors (Lipinski definition) is 0. The van der Waals surface area contributed by atoms with Gasteiger partial charge >= 0.3 is 5.97 Å². The molecule has 2 aromatic rings. The van der Waals surface area contributed by atoms with Crippen LogP contribution >= 0.6 is 0 Å². The quantitative estimate of drug-likeness (QED) is 0.518. The summed E-state index contributed by atoms with van der Waals surface area (Å²) in [5.41, 5.74) is 2.10. The lowest BCUT2D eigenvalue weighted by molar-refractivity contribution is -0.129. The van der Waals surface area contributed by atoms with Gasteiger partial charge < -0.3 is 9.64 Å². The molecule has 0 spiro atoms. The second-order valence-corrected chi connectivity index (χ2v) is 11.0. The van der Waals surface area contributed by atoms with E-state index in [2.05, 4.69) is 20.8 Å². The topological polar surface area (TPSA) is 84.0 Å². The second-order valence-electron chi connectivity index (χ2n) is 9.06. The standard InChI is InChI=1S/C24H30N2O5S/c1-17-15-20(24(3,4)5)9-10-22(17)31-23(28)19-7-6-8-21(16-19)32(29,30)26-13-11-25(12-14-26)18(2)27/h6-10,15-16H,11-14H2,1-5H3. The van der Waals surface area contributed by atoms with Gasteiger partial charge in [0.15, 0.2) is 0 Å². The molecular formula is C24H30N2O5S. The Bertz CT molecular complexity index is 1130. The third-order valence-corrected chi connectivity index (χ3v) is 7.53. The van der Waals surface area contributed by atoms with Crippen molar-refractivity contribution >= 4 is 21.9 Å². The molecule has 0 radical (unpaired) electrons. The van der Waals surface area contributed by atoms with Crippen molar-refractivity contribution in [3.63, 3.8) is 0 Å². The van der Waals surface area contributed by atoms with Gasteiger partial charge in [-0.2, -0.15) is 4.31 Å². The van der Waals surface area contributed by atoms with E-state index < -0.39 is 16.0 Å². The number of carbonyl (C=O) groups is 2. The molecule has 1 aliphatic heterocycles. The first-order valence-electron chi connectivity index (χ1n) is 10.6. The van der Waals surface area contributed by atoms with Crippen LogP contribution in [0.2, 0.25) is 0 Å². The van der Waals surface area contributed by atoms with Gasteiger partial charge in [-0.15, -0.1) is 0 Å². The maximum atomic E-state index is 13.1. The van der Waals surface area contributed by atoms with E-state index in [9.17, 15) is 18.0 Å². The van der Waals surface area contributed by atoms with E-state index >= 15 is 0 Å². The van der Waals surface area contributed by atoms with Crippen LogP contribution < -0.4 is 4.74 Å². The van der Waals surface area contributed by atoms with Crippen LogP contribution in [0.1, 0.15) is 49.2 Å². The number of esters is 1. The average Bonchev–Trinajstić information content (AvgIpc) is 2.74. The van der Waals surface area contributed by atoms with Gasteiger partial charge in [-0.3, -0.25) is 4.79 Å². The molecule has 32 heavy (non-hydrogen) atoms. The smallest absolute Gasteiger partial charge is 0.343 e. The van der Waals surface area contributed by atoms with Gasteiger partial charge in [0, 0.05) is 33.1 Å². The molecule has 2 aromatic carbocycles. The van der Waals surface area contributed by atoms with E-state index in [0.717, 1.165) is 11.1 Å². The fraction of sp³-hybridized carbons (Fsp3) is 0.417. The Hall–Kier alpha value is -2.71. The predicted octanol–water partition coefficient (Wildman–Crippen LogP) is 3.36. The van der Waals surface area contributed by atoms with Crippen molar-refractivity contribution in [1.82, 2.24) is 9.21 Å². The summed E-state index contributed by atoms with van der Waals surface area (Å²) in [5, 5.41) is 0. The van der Waals surface area contributed by atoms with Crippen LogP contribution in [-0.4, -0.2) is 55.7 Å². The van der Waals surface area contributed by atoms with E-state index in [1.165, 1.54) is 35.5 Å². The maximum Gasteiger partial charge on any atom is 0.343 e. The number of aryl methyl sites for hydroxylation is 1. The van der Waals surface area contributed by atoms with Crippen LogP contribution in [0.4, 0.5) is 0 Å². The summed E-state index contributed by atoms with van der Waals surface area (Å²) in [6.45, 7) is 10.8. The minimum Gasteiger partial charge on any atom is -0.423 e. The van der Waals surface area contributed by atoms with E-state index in [1.54, 1.807) is 11.0 Å². The van der Waals surface area contributed by atoms with Crippen molar-refractivity contribution in [3.05, 3.63) is 59.2 Å². The van der Waals surface area contributed by atoms with Gasteiger partial charge in [0.1, 0.15) is 5.75 Å². The zero-order valence-electron chi connectivity index (χ0n) is 19.2. The van der Waals surface area contributed by atoms with Gasteiger partial charge in [-0.25, -0.2) is 13.2 Å². The monoisotopic (exact) mass is 458 g/mol. The highest BCUT2D eigenvalue weighted by atomic mass is 32.2. The zero-order chi connectivity index (χ0) is 23.7. The number of ether oxygens (including phenoxy) is 1. The lowest BCUT2D eigenvalue weighted by atomic mass is 9.86. The summed E-state index contributed by atoms with van der Waals surface area (Å²) in [6, 6.07) is 11.6. The molecule has 0 bridgehead atoms. The van der Waals surface area contributed by atoms with Crippen molar-refractivity contribution in [2.45, 2.75) is 44.9 Å². The van der Waals surface area contributed by atoms with Crippen LogP contribution in [0.5, 0.6) is 5.75 Å². The number of carbonyl (C=O) groups excluding carboxylic acids is 2. The molecule has 0 aromatic heterocycles. The van der Waals surface area contributed by atoms with Gasteiger partial charge in [0.2, 0.25) is 15.9 Å². The summed E-state index contributed by atoms with van der Waals surface area (Å²) in [5.74, 6) is -0.246. The molecule has 7 nitrogen and oxygen atoms in total. The molecule has 172 valence electrons. The SMILES string of the molecule is CC(=O)N1CCN(S(=O)(=O)c2cccc(C(=O)Oc3ccc(C(C)(C)C)cc3C)c2)CC1. The van der Waals surface area contributed by atoms with Crippen LogP contribution in [0.15, 0.2) is 47.4 Å². The third-order valence-electron chi connectivity index (χ3n) is 5.64. The lowest BCUT2D eigenvalue weighted by Crippen LogP contribution is -2.49. The molecule has 3 rings (SSSR count). The van der Waals surface area contributed by atoms with Crippen molar-refractivity contribution in [2.75, 3.05) is 26.2 Å². The minimum atomic E-state index is -3.78. The Morgan fingerprint density at radius 2 is 1.62 bits per heavy atom. The van der Waals surface area contributed by atoms with Crippen LogP contribution in [0.3, 0.4) is 0 Å². The highest BCUT2D eigenvalue weighted by Gasteiger charge is 2.30. The number of rotatable bonds is 4. The van der Waals surface area contributed by atoms with Gasteiger partial charge in [-0.1, -0.05) is 39.0 Å². The number of sulfonamides is 1. The highest BCUT2D eigenvalue weighted by Crippen LogP contribution is 2.28. The molecule has 0 atom stereocenters. The van der Waals surface area contributed by atoms with Gasteiger partial charge in [0.05, 0.1) is 10.5 Å². The van der Waals surface area contributed by atoms with Crippen LogP contribution in [0.25, 0.3) is 0 Å². The van der Waals surface area contributed by atoms with Crippen molar-refractivity contribution in [3.8, 4) is 5.75 Å². The molecule has 1 amide bonds. The Balaban J connectivity index is 1.77. The maximum absolute atomic E-state index is 13.1. The van der Waals surface area contributed by atoms with Crippen molar-refractivity contribution < 1.29 is 22.7 Å². The van der Waals surface area contributed by atoms with E-state index in [0.29, 0.717) is 18.8 Å². The summed E-state index contributed by atoms with van der Waals surface area (Å²) in [4.78, 5) is 25.9. The normalized spacial score (nSPS) is 15.5. The van der Waals surface area contributed by atoms with E-state index in [1.807, 2.05) is 19.1 Å². The molecule has 0 N–H and O–H groups in total. The third kappa shape index (κ3) is 5.19. The molecule has 0 aliphatic carbocycles. The zero-order valence-corrected chi connectivity index (χ0v) is 20.0. The fourth-order valence-electron chi connectivity index (χ4n) is 3.57. The molecule has 0 unspecified atom stereocenters. The summed E-state index contributed by atoms with van der Waals surface area (Å²) in [6.07, 6.45) is 0. The Morgan fingerprint density at radius 1 is 0.969 bits per heavy atom.